The summed E-state index contributed by atoms with van der Waals surface area (Å²) >= 11 is 11.9. The molecule has 0 aliphatic heterocycles. The van der Waals surface area contributed by atoms with Crippen molar-refractivity contribution in [2.45, 2.75) is 26.3 Å². The highest BCUT2D eigenvalue weighted by Crippen LogP contribution is 2.19. The van der Waals surface area contributed by atoms with E-state index in [0.29, 0.717) is 10.9 Å². The minimum atomic E-state index is 0.381. The van der Waals surface area contributed by atoms with E-state index in [1.54, 1.807) is 6.20 Å². The van der Waals surface area contributed by atoms with Gasteiger partial charge in [-0.05, 0) is 19.2 Å². The molecule has 2 rings (SSSR count). The van der Waals surface area contributed by atoms with Gasteiger partial charge in [0, 0.05) is 19.3 Å². The van der Waals surface area contributed by atoms with Crippen LogP contribution in [0.2, 0.25) is 5.02 Å². The number of rotatable bonds is 6. The number of fused-ring (bicyclic) bond motifs is 1. The Hall–Kier alpha value is -0.840. The molecule has 2 aromatic rings. The van der Waals surface area contributed by atoms with Crippen LogP contribution in [0.4, 0.5) is 0 Å². The molecule has 6 heteroatoms. The van der Waals surface area contributed by atoms with E-state index in [0.717, 1.165) is 43.2 Å². The summed E-state index contributed by atoms with van der Waals surface area (Å²) in [5, 5.41) is 0.599. The Bertz CT molecular complexity index is 549. The predicted octanol–water partition coefficient (Wildman–Crippen LogP) is 3.17. The summed E-state index contributed by atoms with van der Waals surface area (Å²) in [5.74, 6) is 1.23. The molecule has 4 nitrogen and oxygen atoms in total. The van der Waals surface area contributed by atoms with E-state index in [1.807, 2.05) is 6.07 Å². The van der Waals surface area contributed by atoms with Crippen LogP contribution in [0.15, 0.2) is 12.3 Å². The van der Waals surface area contributed by atoms with Crippen LogP contribution in [-0.4, -0.2) is 39.1 Å². The molecule has 0 spiro atoms. The summed E-state index contributed by atoms with van der Waals surface area (Å²) < 4.78 is 2.08. The zero-order chi connectivity index (χ0) is 13.8. The van der Waals surface area contributed by atoms with E-state index in [9.17, 15) is 0 Å². The van der Waals surface area contributed by atoms with Crippen LogP contribution in [0.5, 0.6) is 0 Å². The summed E-state index contributed by atoms with van der Waals surface area (Å²) in [6.45, 7) is 8.21. The first-order valence-electron chi connectivity index (χ1n) is 6.48. The Balaban J connectivity index is 2.30. The average Bonchev–Trinajstić information content (AvgIpc) is 2.77. The lowest BCUT2D eigenvalue weighted by atomic mass is 10.4. The zero-order valence-corrected chi connectivity index (χ0v) is 12.7. The second kappa shape index (κ2) is 6.55. The molecule has 0 aliphatic carbocycles. The molecule has 0 aromatic carbocycles. The van der Waals surface area contributed by atoms with Gasteiger partial charge < -0.3 is 9.47 Å². The number of aromatic nitrogens is 3. The summed E-state index contributed by atoms with van der Waals surface area (Å²) in [4.78, 5) is 11.2. The van der Waals surface area contributed by atoms with Gasteiger partial charge in [-0.15, -0.1) is 11.6 Å². The highest BCUT2D eigenvalue weighted by Gasteiger charge is 2.12. The molecule has 2 aromatic heterocycles. The van der Waals surface area contributed by atoms with E-state index in [-0.39, 0.29) is 0 Å². The van der Waals surface area contributed by atoms with Crippen LogP contribution >= 0.6 is 23.2 Å². The number of halogens is 2. The van der Waals surface area contributed by atoms with E-state index in [2.05, 4.69) is 33.3 Å². The molecular weight excluding hydrogens is 283 g/mol. The third-order valence-corrected chi connectivity index (χ3v) is 3.73. The van der Waals surface area contributed by atoms with Crippen molar-refractivity contribution in [1.82, 2.24) is 19.4 Å². The Morgan fingerprint density at radius 2 is 2.05 bits per heavy atom. The van der Waals surface area contributed by atoms with Crippen molar-refractivity contribution in [3.63, 3.8) is 0 Å². The quantitative estimate of drug-likeness (QED) is 0.769. The van der Waals surface area contributed by atoms with Crippen LogP contribution < -0.4 is 0 Å². The zero-order valence-electron chi connectivity index (χ0n) is 11.2. The Morgan fingerprint density at radius 3 is 2.68 bits per heavy atom. The molecule has 0 unspecified atom stereocenters. The summed E-state index contributed by atoms with van der Waals surface area (Å²) in [7, 11) is 0. The van der Waals surface area contributed by atoms with E-state index in [4.69, 9.17) is 23.2 Å². The second-order valence-corrected chi connectivity index (χ2v) is 5.04. The fourth-order valence-corrected chi connectivity index (χ4v) is 2.51. The fraction of sp³-hybridized carbons (Fsp3) is 0.538. The topological polar surface area (TPSA) is 34.0 Å². The maximum absolute atomic E-state index is 5.97. The van der Waals surface area contributed by atoms with Crippen molar-refractivity contribution in [3.05, 3.63) is 23.1 Å². The van der Waals surface area contributed by atoms with Gasteiger partial charge in [0.15, 0.2) is 5.65 Å². The molecule has 0 saturated carbocycles. The minimum absolute atomic E-state index is 0.381. The van der Waals surface area contributed by atoms with Crippen LogP contribution in [0.25, 0.3) is 11.2 Å². The lowest BCUT2D eigenvalue weighted by molar-refractivity contribution is 0.290. The molecule has 0 aliphatic rings. The number of imidazole rings is 1. The van der Waals surface area contributed by atoms with Gasteiger partial charge in [0.25, 0.3) is 0 Å². The highest BCUT2D eigenvalue weighted by molar-refractivity contribution is 6.31. The lowest BCUT2D eigenvalue weighted by Gasteiger charge is -2.18. The van der Waals surface area contributed by atoms with E-state index in [1.165, 1.54) is 0 Å². The molecule has 19 heavy (non-hydrogen) atoms. The normalized spacial score (nSPS) is 11.6. The van der Waals surface area contributed by atoms with Crippen molar-refractivity contribution in [2.24, 2.45) is 0 Å². The van der Waals surface area contributed by atoms with Gasteiger partial charge in [-0.2, -0.15) is 0 Å². The molecule has 0 saturated heterocycles. The minimum Gasteiger partial charge on any atom is -0.310 e. The molecule has 0 amide bonds. The Kier molecular flexibility index (Phi) is 5.02. The first-order chi connectivity index (χ1) is 9.19. The monoisotopic (exact) mass is 300 g/mol. The maximum atomic E-state index is 5.97. The van der Waals surface area contributed by atoms with Crippen molar-refractivity contribution >= 4 is 34.4 Å². The molecule has 0 radical (unpaired) electrons. The van der Waals surface area contributed by atoms with Gasteiger partial charge >= 0.3 is 0 Å². The number of hydrogen-bond acceptors (Lipinski definition) is 3. The third-order valence-electron chi connectivity index (χ3n) is 3.28. The molecule has 0 N–H and O–H groups in total. The standard InChI is InChI=1S/C13H18Cl2N4/c1-3-18(4-2)5-6-19-12(8-14)17-11-7-10(15)9-16-13(11)19/h7,9H,3-6,8H2,1-2H3. The molecule has 0 bridgehead atoms. The predicted molar refractivity (Wildman–Crippen MR) is 79.9 cm³/mol. The second-order valence-electron chi connectivity index (χ2n) is 4.34. The van der Waals surface area contributed by atoms with Crippen LogP contribution in [0.3, 0.4) is 0 Å². The Morgan fingerprint density at radius 1 is 1.32 bits per heavy atom. The Labute approximate surface area is 123 Å². The fourth-order valence-electron chi connectivity index (χ4n) is 2.15. The van der Waals surface area contributed by atoms with Gasteiger partial charge in [-0.1, -0.05) is 25.4 Å². The van der Waals surface area contributed by atoms with Crippen molar-refractivity contribution in [2.75, 3.05) is 19.6 Å². The van der Waals surface area contributed by atoms with Crippen molar-refractivity contribution in [1.29, 1.82) is 0 Å². The number of hydrogen-bond donors (Lipinski definition) is 0. The van der Waals surface area contributed by atoms with Gasteiger partial charge in [0.05, 0.1) is 10.9 Å². The van der Waals surface area contributed by atoms with Crippen LogP contribution in [-0.2, 0) is 12.4 Å². The average molecular weight is 301 g/mol. The highest BCUT2D eigenvalue weighted by atomic mass is 35.5. The van der Waals surface area contributed by atoms with Gasteiger partial charge in [0.2, 0.25) is 0 Å². The summed E-state index contributed by atoms with van der Waals surface area (Å²) in [6, 6.07) is 1.83. The number of pyridine rings is 1. The third kappa shape index (κ3) is 3.19. The van der Waals surface area contributed by atoms with Gasteiger partial charge in [-0.3, -0.25) is 0 Å². The maximum Gasteiger partial charge on any atom is 0.160 e. The largest absolute Gasteiger partial charge is 0.310 e. The summed E-state index contributed by atoms with van der Waals surface area (Å²) in [5.41, 5.74) is 1.66. The molecular formula is C13H18Cl2N4. The van der Waals surface area contributed by atoms with Crippen molar-refractivity contribution in [3.8, 4) is 0 Å². The lowest BCUT2D eigenvalue weighted by Crippen LogP contribution is -2.27. The number of nitrogens with zero attached hydrogens (tertiary/aromatic N) is 4. The van der Waals surface area contributed by atoms with E-state index >= 15 is 0 Å². The molecule has 2 heterocycles. The first-order valence-corrected chi connectivity index (χ1v) is 7.39. The smallest absolute Gasteiger partial charge is 0.160 e. The number of alkyl halides is 1. The van der Waals surface area contributed by atoms with E-state index < -0.39 is 0 Å². The molecule has 0 fully saturated rings. The van der Waals surface area contributed by atoms with Crippen LogP contribution in [0.1, 0.15) is 19.7 Å². The van der Waals surface area contributed by atoms with Gasteiger partial charge in [0.1, 0.15) is 11.3 Å². The first kappa shape index (κ1) is 14.6. The van der Waals surface area contributed by atoms with Crippen molar-refractivity contribution < 1.29 is 0 Å². The summed E-state index contributed by atoms with van der Waals surface area (Å²) in [6.07, 6.45) is 1.65. The van der Waals surface area contributed by atoms with Crippen LogP contribution in [0, 0.1) is 0 Å². The molecule has 0 atom stereocenters. The van der Waals surface area contributed by atoms with Gasteiger partial charge in [-0.25, -0.2) is 9.97 Å². The molecule has 104 valence electrons. The number of likely N-dealkylation sites (N-methyl/N-ethyl adjacent to an activating group) is 1. The SMILES string of the molecule is CCN(CC)CCn1c(CCl)nc2cc(Cl)cnc21.